The minimum Gasteiger partial charge on any atom is -0.508 e. The summed E-state index contributed by atoms with van der Waals surface area (Å²) in [6.45, 7) is -0.0359. The summed E-state index contributed by atoms with van der Waals surface area (Å²) in [6, 6.07) is 8.85. The Morgan fingerprint density at radius 2 is 1.90 bits per heavy atom. The molecule has 0 aliphatic rings. The van der Waals surface area contributed by atoms with Crippen LogP contribution < -0.4 is 4.74 Å². The molecule has 0 amide bonds. The van der Waals surface area contributed by atoms with E-state index in [0.29, 0.717) is 16.3 Å². The molecule has 2 N–H and O–H groups in total. The SMILES string of the molecule is O=C(O)c1cccc(Cl)c1COc1ccc(O)cc1Cl. The van der Waals surface area contributed by atoms with E-state index in [0.717, 1.165) is 0 Å². The van der Waals surface area contributed by atoms with Gasteiger partial charge in [-0.15, -0.1) is 0 Å². The van der Waals surface area contributed by atoms with E-state index in [1.807, 2.05) is 0 Å². The fourth-order valence-electron chi connectivity index (χ4n) is 1.66. The van der Waals surface area contributed by atoms with Crippen LogP contribution in [0.25, 0.3) is 0 Å². The lowest BCUT2D eigenvalue weighted by atomic mass is 10.1. The van der Waals surface area contributed by atoms with Crippen LogP contribution in [0.2, 0.25) is 10.0 Å². The first-order valence-corrected chi connectivity index (χ1v) is 6.36. The van der Waals surface area contributed by atoms with Gasteiger partial charge in [0.1, 0.15) is 18.1 Å². The summed E-state index contributed by atoms with van der Waals surface area (Å²) < 4.78 is 5.46. The lowest BCUT2D eigenvalue weighted by Gasteiger charge is -2.11. The van der Waals surface area contributed by atoms with Crippen molar-refractivity contribution in [3.05, 3.63) is 57.6 Å². The van der Waals surface area contributed by atoms with Gasteiger partial charge in [0.05, 0.1) is 10.6 Å². The van der Waals surface area contributed by atoms with Gasteiger partial charge in [-0.1, -0.05) is 29.3 Å². The molecule has 0 unspecified atom stereocenters. The summed E-state index contributed by atoms with van der Waals surface area (Å²) in [6.07, 6.45) is 0. The molecule has 0 bridgehead atoms. The molecular formula is C14H10Cl2O4. The van der Waals surface area contributed by atoms with Gasteiger partial charge in [0.15, 0.2) is 0 Å². The first kappa shape index (κ1) is 14.5. The largest absolute Gasteiger partial charge is 0.508 e. The molecule has 2 rings (SSSR count). The van der Waals surface area contributed by atoms with Crippen LogP contribution >= 0.6 is 23.2 Å². The minimum absolute atomic E-state index is 0.0197. The molecule has 0 spiro atoms. The smallest absolute Gasteiger partial charge is 0.336 e. The zero-order valence-electron chi connectivity index (χ0n) is 10.1. The second-order valence-corrected chi connectivity index (χ2v) is 4.79. The summed E-state index contributed by atoms with van der Waals surface area (Å²) in [7, 11) is 0. The van der Waals surface area contributed by atoms with Crippen molar-refractivity contribution in [2.45, 2.75) is 6.61 Å². The van der Waals surface area contributed by atoms with Crippen molar-refractivity contribution in [1.29, 1.82) is 0 Å². The molecule has 0 radical (unpaired) electrons. The van der Waals surface area contributed by atoms with Crippen LogP contribution in [0.15, 0.2) is 36.4 Å². The second-order valence-electron chi connectivity index (χ2n) is 3.97. The number of carboxylic acids is 1. The van der Waals surface area contributed by atoms with Gasteiger partial charge in [0, 0.05) is 16.7 Å². The van der Waals surface area contributed by atoms with E-state index in [4.69, 9.17) is 33.0 Å². The van der Waals surface area contributed by atoms with Crippen LogP contribution in [-0.4, -0.2) is 16.2 Å². The Morgan fingerprint density at radius 1 is 1.15 bits per heavy atom. The van der Waals surface area contributed by atoms with E-state index in [-0.39, 0.29) is 22.9 Å². The lowest BCUT2D eigenvalue weighted by Crippen LogP contribution is -2.06. The maximum absolute atomic E-state index is 11.1. The number of ether oxygens (including phenoxy) is 1. The summed E-state index contributed by atoms with van der Waals surface area (Å²) in [4.78, 5) is 11.1. The van der Waals surface area contributed by atoms with E-state index >= 15 is 0 Å². The number of benzene rings is 2. The molecule has 0 aliphatic carbocycles. The molecule has 0 aliphatic heterocycles. The summed E-state index contributed by atoms with van der Waals surface area (Å²) in [5, 5.41) is 18.9. The molecule has 0 heterocycles. The van der Waals surface area contributed by atoms with Gasteiger partial charge in [-0.05, 0) is 24.3 Å². The molecule has 104 valence electrons. The van der Waals surface area contributed by atoms with Crippen molar-refractivity contribution in [2.24, 2.45) is 0 Å². The number of aromatic carboxylic acids is 1. The zero-order chi connectivity index (χ0) is 14.7. The highest BCUT2D eigenvalue weighted by Gasteiger charge is 2.14. The third-order valence-electron chi connectivity index (χ3n) is 2.64. The van der Waals surface area contributed by atoms with Gasteiger partial charge in [0.2, 0.25) is 0 Å². The fourth-order valence-corrected chi connectivity index (χ4v) is 2.12. The highest BCUT2D eigenvalue weighted by Crippen LogP contribution is 2.30. The minimum atomic E-state index is -1.08. The molecule has 0 saturated heterocycles. The van der Waals surface area contributed by atoms with Crippen molar-refractivity contribution < 1.29 is 19.7 Å². The lowest BCUT2D eigenvalue weighted by molar-refractivity contribution is 0.0694. The first-order valence-electron chi connectivity index (χ1n) is 5.61. The predicted octanol–water partition coefficient (Wildman–Crippen LogP) is 3.98. The highest BCUT2D eigenvalue weighted by molar-refractivity contribution is 6.32. The first-order chi connectivity index (χ1) is 9.49. The third kappa shape index (κ3) is 3.15. The van der Waals surface area contributed by atoms with Crippen LogP contribution in [0.3, 0.4) is 0 Å². The molecule has 0 fully saturated rings. The van der Waals surface area contributed by atoms with E-state index < -0.39 is 5.97 Å². The Balaban J connectivity index is 2.25. The van der Waals surface area contributed by atoms with Crippen LogP contribution in [0.1, 0.15) is 15.9 Å². The number of aromatic hydroxyl groups is 1. The maximum atomic E-state index is 11.1. The Hall–Kier alpha value is -1.91. The molecule has 0 saturated carbocycles. The molecule has 4 nitrogen and oxygen atoms in total. The number of carbonyl (C=O) groups is 1. The normalized spacial score (nSPS) is 10.3. The Kier molecular flexibility index (Phi) is 4.37. The highest BCUT2D eigenvalue weighted by atomic mass is 35.5. The van der Waals surface area contributed by atoms with Crippen LogP contribution in [-0.2, 0) is 6.61 Å². The molecule has 6 heteroatoms. The monoisotopic (exact) mass is 312 g/mol. The Morgan fingerprint density at radius 3 is 2.55 bits per heavy atom. The van der Waals surface area contributed by atoms with Crippen molar-refractivity contribution >= 4 is 29.2 Å². The van der Waals surface area contributed by atoms with E-state index in [2.05, 4.69) is 0 Å². The number of halogens is 2. The molecule has 20 heavy (non-hydrogen) atoms. The predicted molar refractivity (Wildman–Crippen MR) is 75.9 cm³/mol. The average Bonchev–Trinajstić information content (AvgIpc) is 2.38. The quantitative estimate of drug-likeness (QED) is 0.896. The summed E-state index contributed by atoms with van der Waals surface area (Å²) in [5.41, 5.74) is 0.443. The second kappa shape index (κ2) is 6.03. The van der Waals surface area contributed by atoms with Crippen molar-refractivity contribution in [3.8, 4) is 11.5 Å². The fraction of sp³-hybridized carbons (Fsp3) is 0.0714. The number of phenolic OH excluding ortho intramolecular Hbond substituents is 1. The number of carboxylic acid groups (broad SMARTS) is 1. The van der Waals surface area contributed by atoms with Crippen molar-refractivity contribution in [1.82, 2.24) is 0 Å². The topological polar surface area (TPSA) is 66.8 Å². The summed E-state index contributed by atoms with van der Waals surface area (Å²) in [5.74, 6) is -0.727. The van der Waals surface area contributed by atoms with Gasteiger partial charge in [-0.2, -0.15) is 0 Å². The van der Waals surface area contributed by atoms with E-state index in [9.17, 15) is 9.90 Å². The van der Waals surface area contributed by atoms with Crippen LogP contribution in [0.4, 0.5) is 0 Å². The Bertz CT molecular complexity index is 656. The van der Waals surface area contributed by atoms with Crippen molar-refractivity contribution in [3.63, 3.8) is 0 Å². The molecular weight excluding hydrogens is 303 g/mol. The number of hydrogen-bond acceptors (Lipinski definition) is 3. The molecule has 2 aromatic carbocycles. The molecule has 0 atom stereocenters. The van der Waals surface area contributed by atoms with E-state index in [1.54, 1.807) is 12.1 Å². The zero-order valence-corrected chi connectivity index (χ0v) is 11.6. The maximum Gasteiger partial charge on any atom is 0.336 e. The Labute approximate surface area is 125 Å². The van der Waals surface area contributed by atoms with Crippen molar-refractivity contribution in [2.75, 3.05) is 0 Å². The average molecular weight is 313 g/mol. The van der Waals surface area contributed by atoms with Gasteiger partial charge in [-0.25, -0.2) is 4.79 Å². The van der Waals surface area contributed by atoms with Gasteiger partial charge in [-0.3, -0.25) is 0 Å². The van der Waals surface area contributed by atoms with Gasteiger partial charge >= 0.3 is 5.97 Å². The van der Waals surface area contributed by atoms with E-state index in [1.165, 1.54) is 24.3 Å². The van der Waals surface area contributed by atoms with Crippen LogP contribution in [0, 0.1) is 0 Å². The van der Waals surface area contributed by atoms with Crippen LogP contribution in [0.5, 0.6) is 11.5 Å². The van der Waals surface area contributed by atoms with Gasteiger partial charge in [0.25, 0.3) is 0 Å². The number of hydrogen-bond donors (Lipinski definition) is 2. The standard InChI is InChI=1S/C14H10Cl2O4/c15-11-3-1-2-9(14(18)19)10(11)7-20-13-5-4-8(17)6-12(13)16/h1-6,17H,7H2,(H,18,19). The number of phenols is 1. The molecule has 2 aromatic rings. The molecule has 0 aromatic heterocycles. The van der Waals surface area contributed by atoms with Gasteiger partial charge < -0.3 is 14.9 Å². The third-order valence-corrected chi connectivity index (χ3v) is 3.29. The number of rotatable bonds is 4. The summed E-state index contributed by atoms with van der Waals surface area (Å²) >= 11 is 11.9.